The van der Waals surface area contributed by atoms with Crippen LogP contribution in [0.4, 0.5) is 18.9 Å². The second-order valence-electron chi connectivity index (χ2n) is 5.99. The third-order valence-corrected chi connectivity index (χ3v) is 3.17. The van der Waals surface area contributed by atoms with Gasteiger partial charge in [-0.25, -0.2) is 13.2 Å². The topological polar surface area (TPSA) is 29.1 Å². The summed E-state index contributed by atoms with van der Waals surface area (Å²) >= 11 is 0. The molecule has 5 heteroatoms. The first kappa shape index (κ1) is 13.9. The van der Waals surface area contributed by atoms with Crippen LogP contribution in [0.15, 0.2) is 18.2 Å². The van der Waals surface area contributed by atoms with E-state index in [4.69, 9.17) is 0 Å². The Balaban J connectivity index is 2.17. The Bertz CT molecular complexity index is 520. The minimum absolute atomic E-state index is 0.220. The monoisotopic (exact) mass is 271 g/mol. The molecule has 104 valence electrons. The van der Waals surface area contributed by atoms with Gasteiger partial charge in [0.1, 0.15) is 11.7 Å². The molecule has 0 heterocycles. The molecule has 19 heavy (non-hydrogen) atoms. The second-order valence-corrected chi connectivity index (χ2v) is 5.99. The van der Waals surface area contributed by atoms with Crippen LogP contribution in [0.3, 0.4) is 0 Å². The van der Waals surface area contributed by atoms with Crippen LogP contribution in [0.25, 0.3) is 0 Å². The Labute approximate surface area is 110 Å². The molecule has 1 unspecified atom stereocenters. The van der Waals surface area contributed by atoms with Crippen molar-refractivity contribution in [1.82, 2.24) is 0 Å². The van der Waals surface area contributed by atoms with Crippen molar-refractivity contribution in [1.29, 1.82) is 0 Å². The van der Waals surface area contributed by atoms with Gasteiger partial charge in [-0.15, -0.1) is 0 Å². The summed E-state index contributed by atoms with van der Waals surface area (Å²) < 4.78 is 39.0. The van der Waals surface area contributed by atoms with E-state index in [0.29, 0.717) is 5.56 Å². The zero-order valence-electron chi connectivity index (χ0n) is 11.1. The third kappa shape index (κ3) is 3.08. The lowest BCUT2D eigenvalue weighted by Crippen LogP contribution is -2.18. The van der Waals surface area contributed by atoms with Crippen LogP contribution in [0.2, 0.25) is 0 Å². The zero-order chi connectivity index (χ0) is 14.4. The predicted molar refractivity (Wildman–Crippen MR) is 66.8 cm³/mol. The fourth-order valence-electron chi connectivity index (χ4n) is 1.82. The molecule has 0 saturated heterocycles. The fraction of sp³-hybridized carbons (Fsp3) is 0.500. The smallest absolute Gasteiger partial charge is 0.260 e. The summed E-state index contributed by atoms with van der Waals surface area (Å²) in [4.78, 5) is 11.5. The second kappa shape index (κ2) is 4.25. The van der Waals surface area contributed by atoms with Crippen LogP contribution in [0.5, 0.6) is 0 Å². The van der Waals surface area contributed by atoms with Gasteiger partial charge < -0.3 is 5.32 Å². The number of benzene rings is 1. The first-order valence-electron chi connectivity index (χ1n) is 6.09. The first-order chi connectivity index (χ1) is 8.59. The normalized spacial score (nSPS) is 21.1. The van der Waals surface area contributed by atoms with Gasteiger partial charge in [0.25, 0.3) is 5.92 Å². The lowest BCUT2D eigenvalue weighted by molar-refractivity contribution is -0.119. The average molecular weight is 271 g/mol. The van der Waals surface area contributed by atoms with Crippen molar-refractivity contribution in [2.75, 3.05) is 5.32 Å². The van der Waals surface area contributed by atoms with Crippen molar-refractivity contribution in [3.63, 3.8) is 0 Å². The number of rotatable bonds is 2. The quantitative estimate of drug-likeness (QED) is 0.872. The van der Waals surface area contributed by atoms with Crippen LogP contribution >= 0.6 is 0 Å². The largest absolute Gasteiger partial charge is 0.326 e. The van der Waals surface area contributed by atoms with E-state index in [1.807, 2.05) is 20.8 Å². The number of nitrogens with one attached hydrogen (secondary N) is 1. The fourth-order valence-corrected chi connectivity index (χ4v) is 1.82. The maximum Gasteiger partial charge on any atom is 0.260 e. The van der Waals surface area contributed by atoms with E-state index in [1.54, 1.807) is 6.07 Å². The van der Waals surface area contributed by atoms with E-state index in [1.165, 1.54) is 6.07 Å². The van der Waals surface area contributed by atoms with Crippen molar-refractivity contribution in [3.05, 3.63) is 29.6 Å². The molecule has 0 aromatic heterocycles. The van der Waals surface area contributed by atoms with Gasteiger partial charge in [0, 0.05) is 12.1 Å². The molecule has 1 saturated carbocycles. The van der Waals surface area contributed by atoms with Crippen LogP contribution < -0.4 is 5.32 Å². The molecule has 0 radical (unpaired) electrons. The van der Waals surface area contributed by atoms with E-state index in [-0.39, 0.29) is 11.1 Å². The molecule has 1 fully saturated rings. The van der Waals surface area contributed by atoms with E-state index in [2.05, 4.69) is 5.32 Å². The van der Waals surface area contributed by atoms with Gasteiger partial charge in [0.15, 0.2) is 0 Å². The summed E-state index contributed by atoms with van der Waals surface area (Å²) in [6.45, 7) is 5.72. The highest BCUT2D eigenvalue weighted by molar-refractivity contribution is 5.95. The minimum atomic E-state index is -2.91. The SMILES string of the molecule is CC(C)(C)c1cc(F)cc(NC(=O)C2CC2(F)F)c1. The Morgan fingerprint density at radius 2 is 1.89 bits per heavy atom. The van der Waals surface area contributed by atoms with Crippen molar-refractivity contribution in [3.8, 4) is 0 Å². The summed E-state index contributed by atoms with van der Waals surface area (Å²) in [6, 6.07) is 4.12. The highest BCUT2D eigenvalue weighted by Crippen LogP contribution is 2.49. The summed E-state index contributed by atoms with van der Waals surface area (Å²) in [5.74, 6) is -5.45. The molecule has 1 aromatic rings. The lowest BCUT2D eigenvalue weighted by Gasteiger charge is -2.20. The average Bonchev–Trinajstić information content (AvgIpc) is 2.85. The van der Waals surface area contributed by atoms with Gasteiger partial charge >= 0.3 is 0 Å². The summed E-state index contributed by atoms with van der Waals surface area (Å²) in [5, 5.41) is 2.35. The molecular weight excluding hydrogens is 255 g/mol. The van der Waals surface area contributed by atoms with Crippen molar-refractivity contribution >= 4 is 11.6 Å². The van der Waals surface area contributed by atoms with E-state index < -0.39 is 30.0 Å². The lowest BCUT2D eigenvalue weighted by atomic mass is 9.87. The molecule has 0 aliphatic heterocycles. The Morgan fingerprint density at radius 1 is 1.32 bits per heavy atom. The molecule has 1 aliphatic rings. The standard InChI is InChI=1S/C14H16F3NO/c1-13(2,3)8-4-9(15)6-10(5-8)18-12(19)11-7-14(11,16)17/h4-6,11H,7H2,1-3H3,(H,18,19). The molecule has 0 spiro atoms. The van der Waals surface area contributed by atoms with Crippen LogP contribution in [0.1, 0.15) is 32.8 Å². The molecule has 1 N–H and O–H groups in total. The van der Waals surface area contributed by atoms with Gasteiger partial charge in [-0.3, -0.25) is 4.79 Å². The minimum Gasteiger partial charge on any atom is -0.326 e. The molecule has 1 amide bonds. The number of halogens is 3. The molecule has 1 atom stereocenters. The van der Waals surface area contributed by atoms with Crippen LogP contribution in [0, 0.1) is 11.7 Å². The van der Waals surface area contributed by atoms with Crippen molar-refractivity contribution in [2.45, 2.75) is 38.5 Å². The number of carbonyl (C=O) groups is 1. The Hall–Kier alpha value is -1.52. The van der Waals surface area contributed by atoms with Gasteiger partial charge in [-0.2, -0.15) is 0 Å². The Morgan fingerprint density at radius 3 is 2.37 bits per heavy atom. The molecule has 2 nitrogen and oxygen atoms in total. The van der Waals surface area contributed by atoms with Crippen molar-refractivity contribution < 1.29 is 18.0 Å². The molecule has 1 aromatic carbocycles. The van der Waals surface area contributed by atoms with Gasteiger partial charge in [-0.1, -0.05) is 20.8 Å². The Kier molecular flexibility index (Phi) is 3.11. The van der Waals surface area contributed by atoms with E-state index in [0.717, 1.165) is 6.07 Å². The summed E-state index contributed by atoms with van der Waals surface area (Å²) in [6.07, 6.45) is -0.430. The highest BCUT2D eigenvalue weighted by atomic mass is 19.3. The number of anilines is 1. The third-order valence-electron chi connectivity index (χ3n) is 3.17. The zero-order valence-corrected chi connectivity index (χ0v) is 11.1. The van der Waals surface area contributed by atoms with Crippen molar-refractivity contribution in [2.24, 2.45) is 5.92 Å². The van der Waals surface area contributed by atoms with Gasteiger partial charge in [-0.05, 0) is 29.2 Å². The van der Waals surface area contributed by atoms with Crippen LogP contribution in [-0.4, -0.2) is 11.8 Å². The summed E-state index contributed by atoms with van der Waals surface area (Å²) in [5.41, 5.74) is 0.633. The number of alkyl halides is 2. The van der Waals surface area contributed by atoms with E-state index >= 15 is 0 Å². The number of hydrogen-bond donors (Lipinski definition) is 1. The highest BCUT2D eigenvalue weighted by Gasteiger charge is 2.61. The number of hydrogen-bond acceptors (Lipinski definition) is 1. The van der Waals surface area contributed by atoms with Gasteiger partial charge in [0.2, 0.25) is 5.91 Å². The maximum absolute atomic E-state index is 13.5. The number of carbonyl (C=O) groups excluding carboxylic acids is 1. The maximum atomic E-state index is 13.5. The molecular formula is C14H16F3NO. The molecule has 0 bridgehead atoms. The first-order valence-corrected chi connectivity index (χ1v) is 6.09. The molecule has 2 rings (SSSR count). The van der Waals surface area contributed by atoms with E-state index in [9.17, 15) is 18.0 Å². The number of amides is 1. The van der Waals surface area contributed by atoms with Gasteiger partial charge in [0.05, 0.1) is 0 Å². The summed E-state index contributed by atoms with van der Waals surface area (Å²) in [7, 11) is 0. The molecule has 1 aliphatic carbocycles. The van der Waals surface area contributed by atoms with Crippen LogP contribution in [-0.2, 0) is 10.2 Å². The predicted octanol–water partition coefficient (Wildman–Crippen LogP) is 3.72.